The number of nitrogens with one attached hydrogen (secondary N) is 2. The maximum absolute atomic E-state index is 11.6. The number of piperazine rings is 1. The smallest absolute Gasteiger partial charge is 0.257 e. The number of hydrogen-bond acceptors (Lipinski definition) is 4. The number of rotatable bonds is 9. The van der Waals surface area contributed by atoms with Gasteiger partial charge in [-0.2, -0.15) is 0 Å². The highest BCUT2D eigenvalue weighted by atomic mass is 16.5. The number of nitrogens with zero attached hydrogens (tertiary/aromatic N) is 3. The Hall–Kier alpha value is -2.28. The number of carbonyl (C=O) groups is 1. The summed E-state index contributed by atoms with van der Waals surface area (Å²) in [6, 6.07) is 7.79. The number of hydrogen-bond donors (Lipinski definition) is 2. The highest BCUT2D eigenvalue weighted by molar-refractivity contribution is 5.80. The van der Waals surface area contributed by atoms with Gasteiger partial charge in [0.1, 0.15) is 5.75 Å². The summed E-state index contributed by atoms with van der Waals surface area (Å²) in [6.45, 7) is 15.9. The topological polar surface area (TPSA) is 69.2 Å². The summed E-state index contributed by atoms with van der Waals surface area (Å²) in [6.07, 6.45) is 0. The molecule has 1 heterocycles. The fraction of sp³-hybridized carbons (Fsp3) is 0.636. The van der Waals surface area contributed by atoms with Gasteiger partial charge in [-0.3, -0.25) is 9.69 Å². The molecule has 162 valence electrons. The van der Waals surface area contributed by atoms with Crippen LogP contribution in [-0.2, 0) is 11.3 Å². The first-order chi connectivity index (χ1) is 14.0. The van der Waals surface area contributed by atoms with Crippen LogP contribution in [0.1, 0.15) is 33.3 Å². The van der Waals surface area contributed by atoms with Gasteiger partial charge in [-0.25, -0.2) is 4.99 Å². The molecule has 0 unspecified atom stereocenters. The predicted molar refractivity (Wildman–Crippen MR) is 118 cm³/mol. The maximum Gasteiger partial charge on any atom is 0.257 e. The van der Waals surface area contributed by atoms with E-state index in [1.807, 2.05) is 31.2 Å². The van der Waals surface area contributed by atoms with Crippen molar-refractivity contribution in [3.63, 3.8) is 0 Å². The molecule has 0 aliphatic carbocycles. The standard InChI is InChI=1S/C22H37N5O2/c1-5-23-21(28)17-29-20-9-7-8-19(14-20)15-25-22(24-6-2)27-12-10-26(11-13-27)16-18(3)4/h7-9,14,18H,5-6,10-13,15-17H2,1-4H3,(H,23,28)(H,24,25). The number of ether oxygens (including phenoxy) is 1. The summed E-state index contributed by atoms with van der Waals surface area (Å²) in [4.78, 5) is 21.3. The van der Waals surface area contributed by atoms with Crippen LogP contribution in [0.3, 0.4) is 0 Å². The van der Waals surface area contributed by atoms with E-state index in [-0.39, 0.29) is 12.5 Å². The quantitative estimate of drug-likeness (QED) is 0.487. The molecular formula is C22H37N5O2. The number of benzene rings is 1. The molecule has 1 aromatic carbocycles. The molecule has 1 aromatic rings. The second kappa shape index (κ2) is 12.3. The van der Waals surface area contributed by atoms with Gasteiger partial charge >= 0.3 is 0 Å². The molecule has 1 aliphatic rings. The number of likely N-dealkylation sites (N-methyl/N-ethyl adjacent to an activating group) is 1. The summed E-state index contributed by atoms with van der Waals surface area (Å²) in [5, 5.41) is 6.15. The maximum atomic E-state index is 11.6. The average Bonchev–Trinajstić information content (AvgIpc) is 2.70. The minimum atomic E-state index is -0.109. The third kappa shape index (κ3) is 8.31. The lowest BCUT2D eigenvalue weighted by Crippen LogP contribution is -2.53. The van der Waals surface area contributed by atoms with Crippen molar-refractivity contribution in [2.75, 3.05) is 52.4 Å². The third-order valence-corrected chi connectivity index (χ3v) is 4.68. The van der Waals surface area contributed by atoms with Crippen LogP contribution in [0.4, 0.5) is 0 Å². The van der Waals surface area contributed by atoms with E-state index in [1.165, 1.54) is 0 Å². The lowest BCUT2D eigenvalue weighted by molar-refractivity contribution is -0.122. The zero-order chi connectivity index (χ0) is 21.1. The van der Waals surface area contributed by atoms with Crippen molar-refractivity contribution in [2.24, 2.45) is 10.9 Å². The molecular weight excluding hydrogens is 366 g/mol. The summed E-state index contributed by atoms with van der Waals surface area (Å²) in [5.74, 6) is 2.24. The Balaban J connectivity index is 1.93. The SMILES string of the molecule is CCNC(=O)COc1cccc(CN=C(NCC)N2CCN(CC(C)C)CC2)c1. The van der Waals surface area contributed by atoms with Crippen molar-refractivity contribution in [1.29, 1.82) is 0 Å². The molecule has 0 atom stereocenters. The first-order valence-corrected chi connectivity index (χ1v) is 10.8. The van der Waals surface area contributed by atoms with Crippen LogP contribution in [0.25, 0.3) is 0 Å². The molecule has 7 nitrogen and oxygen atoms in total. The normalized spacial score (nSPS) is 15.5. The van der Waals surface area contributed by atoms with Crippen molar-refractivity contribution in [3.05, 3.63) is 29.8 Å². The zero-order valence-electron chi connectivity index (χ0n) is 18.4. The zero-order valence-corrected chi connectivity index (χ0v) is 18.4. The Labute approximate surface area is 175 Å². The molecule has 29 heavy (non-hydrogen) atoms. The monoisotopic (exact) mass is 403 g/mol. The van der Waals surface area contributed by atoms with E-state index in [9.17, 15) is 4.79 Å². The van der Waals surface area contributed by atoms with Crippen LogP contribution < -0.4 is 15.4 Å². The van der Waals surface area contributed by atoms with Gasteiger partial charge in [-0.05, 0) is 37.5 Å². The molecule has 2 N–H and O–H groups in total. The fourth-order valence-electron chi connectivity index (χ4n) is 3.38. The second-order valence-electron chi connectivity index (χ2n) is 7.74. The predicted octanol–water partition coefficient (Wildman–Crippen LogP) is 1.94. The Bertz CT molecular complexity index is 654. The summed E-state index contributed by atoms with van der Waals surface area (Å²) < 4.78 is 5.58. The largest absolute Gasteiger partial charge is 0.484 e. The van der Waals surface area contributed by atoms with Gasteiger partial charge in [0, 0.05) is 45.8 Å². The van der Waals surface area contributed by atoms with E-state index < -0.39 is 0 Å². The van der Waals surface area contributed by atoms with Gasteiger partial charge in [0.15, 0.2) is 12.6 Å². The Kier molecular flexibility index (Phi) is 9.77. The first kappa shape index (κ1) is 23.0. The average molecular weight is 404 g/mol. The van der Waals surface area contributed by atoms with Crippen molar-refractivity contribution >= 4 is 11.9 Å². The van der Waals surface area contributed by atoms with Gasteiger partial charge < -0.3 is 20.3 Å². The van der Waals surface area contributed by atoms with Crippen LogP contribution in [-0.4, -0.2) is 74.1 Å². The van der Waals surface area contributed by atoms with Crippen molar-refractivity contribution < 1.29 is 9.53 Å². The van der Waals surface area contributed by atoms with E-state index in [0.717, 1.165) is 50.8 Å². The number of amides is 1. The minimum Gasteiger partial charge on any atom is -0.484 e. The van der Waals surface area contributed by atoms with Gasteiger partial charge in [0.2, 0.25) is 0 Å². The fourth-order valence-corrected chi connectivity index (χ4v) is 3.38. The molecule has 2 rings (SSSR count). The molecule has 0 aromatic heterocycles. The molecule has 7 heteroatoms. The highest BCUT2D eigenvalue weighted by Gasteiger charge is 2.19. The summed E-state index contributed by atoms with van der Waals surface area (Å²) in [7, 11) is 0. The Morgan fingerprint density at radius 1 is 1.14 bits per heavy atom. The van der Waals surface area contributed by atoms with Crippen molar-refractivity contribution in [3.8, 4) is 5.75 Å². The lowest BCUT2D eigenvalue weighted by atomic mass is 10.2. The molecule has 0 bridgehead atoms. The van der Waals surface area contributed by atoms with E-state index in [0.29, 0.717) is 24.8 Å². The van der Waals surface area contributed by atoms with Gasteiger partial charge in [-0.1, -0.05) is 26.0 Å². The van der Waals surface area contributed by atoms with Crippen LogP contribution in [0.2, 0.25) is 0 Å². The third-order valence-electron chi connectivity index (χ3n) is 4.68. The molecule has 1 amide bonds. The first-order valence-electron chi connectivity index (χ1n) is 10.8. The van der Waals surface area contributed by atoms with Gasteiger partial charge in [-0.15, -0.1) is 0 Å². The lowest BCUT2D eigenvalue weighted by Gasteiger charge is -2.37. The number of carbonyl (C=O) groups excluding carboxylic acids is 1. The molecule has 0 saturated carbocycles. The van der Waals surface area contributed by atoms with Crippen molar-refractivity contribution in [2.45, 2.75) is 34.2 Å². The molecule has 1 fully saturated rings. The van der Waals surface area contributed by atoms with Crippen LogP contribution in [0, 0.1) is 5.92 Å². The molecule has 1 saturated heterocycles. The summed E-state index contributed by atoms with van der Waals surface area (Å²) >= 11 is 0. The molecule has 1 aliphatic heterocycles. The summed E-state index contributed by atoms with van der Waals surface area (Å²) in [5.41, 5.74) is 1.06. The molecule has 0 spiro atoms. The molecule has 0 radical (unpaired) electrons. The van der Waals surface area contributed by atoms with Crippen LogP contribution >= 0.6 is 0 Å². The van der Waals surface area contributed by atoms with E-state index >= 15 is 0 Å². The van der Waals surface area contributed by atoms with Gasteiger partial charge in [0.05, 0.1) is 6.54 Å². The van der Waals surface area contributed by atoms with E-state index in [1.54, 1.807) is 0 Å². The highest BCUT2D eigenvalue weighted by Crippen LogP contribution is 2.14. The second-order valence-corrected chi connectivity index (χ2v) is 7.74. The minimum absolute atomic E-state index is 0.0316. The Morgan fingerprint density at radius 3 is 2.52 bits per heavy atom. The van der Waals surface area contributed by atoms with E-state index in [2.05, 4.69) is 41.2 Å². The van der Waals surface area contributed by atoms with Gasteiger partial charge in [0.25, 0.3) is 5.91 Å². The van der Waals surface area contributed by atoms with Crippen molar-refractivity contribution in [1.82, 2.24) is 20.4 Å². The number of guanidine groups is 1. The Morgan fingerprint density at radius 2 is 1.86 bits per heavy atom. The van der Waals surface area contributed by atoms with E-state index in [4.69, 9.17) is 9.73 Å². The number of aliphatic imine (C=N–C) groups is 1. The van der Waals surface area contributed by atoms with Crippen LogP contribution in [0.5, 0.6) is 5.75 Å². The van der Waals surface area contributed by atoms with Crippen LogP contribution in [0.15, 0.2) is 29.3 Å².